The van der Waals surface area contributed by atoms with Crippen LogP contribution in [0.1, 0.15) is 10.5 Å². The number of amides is 1. The fraction of sp³-hybridized carbons (Fsp3) is 0. The maximum Gasteiger partial charge on any atom is 0.277 e. The van der Waals surface area contributed by atoms with E-state index in [0.29, 0.717) is 5.02 Å². The van der Waals surface area contributed by atoms with Crippen LogP contribution in [0.15, 0.2) is 54.7 Å². The van der Waals surface area contributed by atoms with Gasteiger partial charge in [0.2, 0.25) is 0 Å². The fourth-order valence-electron chi connectivity index (χ4n) is 1.85. The highest BCUT2D eigenvalue weighted by Crippen LogP contribution is 2.20. The molecule has 1 N–H and O–H groups in total. The highest BCUT2D eigenvalue weighted by molar-refractivity contribution is 6.31. The van der Waals surface area contributed by atoms with Crippen molar-refractivity contribution in [1.82, 2.24) is 15.0 Å². The van der Waals surface area contributed by atoms with Crippen molar-refractivity contribution in [3.63, 3.8) is 0 Å². The zero-order chi connectivity index (χ0) is 15.5. The van der Waals surface area contributed by atoms with Gasteiger partial charge in [-0.3, -0.25) is 4.79 Å². The molecule has 7 heteroatoms. The Morgan fingerprint density at radius 1 is 1.18 bits per heavy atom. The van der Waals surface area contributed by atoms with Gasteiger partial charge in [-0.05, 0) is 30.3 Å². The monoisotopic (exact) mass is 316 g/mol. The lowest BCUT2D eigenvalue weighted by Gasteiger charge is -2.04. The Bertz CT molecular complexity index is 819. The van der Waals surface area contributed by atoms with Gasteiger partial charge in [0.15, 0.2) is 5.69 Å². The number of para-hydroxylation sites is 1. The molecule has 2 aromatic carbocycles. The van der Waals surface area contributed by atoms with Crippen molar-refractivity contribution in [1.29, 1.82) is 0 Å². The summed E-state index contributed by atoms with van der Waals surface area (Å²) in [5, 5.41) is 10.4. The third kappa shape index (κ3) is 2.96. The predicted molar refractivity (Wildman–Crippen MR) is 80.7 cm³/mol. The van der Waals surface area contributed by atoms with Gasteiger partial charge < -0.3 is 5.32 Å². The van der Waals surface area contributed by atoms with Gasteiger partial charge >= 0.3 is 0 Å². The van der Waals surface area contributed by atoms with E-state index in [0.717, 1.165) is 5.69 Å². The number of rotatable bonds is 3. The molecule has 1 amide bonds. The molecule has 0 aliphatic rings. The summed E-state index contributed by atoms with van der Waals surface area (Å²) in [4.78, 5) is 12.1. The summed E-state index contributed by atoms with van der Waals surface area (Å²) < 4.78 is 15.1. The molecule has 0 unspecified atom stereocenters. The summed E-state index contributed by atoms with van der Waals surface area (Å²) >= 11 is 5.78. The van der Waals surface area contributed by atoms with E-state index in [4.69, 9.17) is 11.6 Å². The first kappa shape index (κ1) is 14.2. The van der Waals surface area contributed by atoms with Crippen LogP contribution in [-0.4, -0.2) is 20.9 Å². The summed E-state index contributed by atoms with van der Waals surface area (Å²) in [6, 6.07) is 13.1. The van der Waals surface area contributed by atoms with Gasteiger partial charge in [0.05, 0.1) is 17.6 Å². The molecule has 22 heavy (non-hydrogen) atoms. The second-order valence-electron chi connectivity index (χ2n) is 4.46. The van der Waals surface area contributed by atoms with Crippen molar-refractivity contribution in [2.75, 3.05) is 5.32 Å². The maximum absolute atomic E-state index is 13.6. The zero-order valence-electron chi connectivity index (χ0n) is 11.2. The van der Waals surface area contributed by atoms with Crippen molar-refractivity contribution in [2.45, 2.75) is 0 Å². The quantitative estimate of drug-likeness (QED) is 0.806. The summed E-state index contributed by atoms with van der Waals surface area (Å²) in [7, 11) is 0. The first-order valence-electron chi connectivity index (χ1n) is 6.37. The molecule has 0 saturated carbocycles. The predicted octanol–water partition coefficient (Wildman–Crippen LogP) is 3.31. The second-order valence-corrected chi connectivity index (χ2v) is 4.90. The van der Waals surface area contributed by atoms with Crippen LogP contribution in [0.2, 0.25) is 5.02 Å². The summed E-state index contributed by atoms with van der Waals surface area (Å²) in [6.45, 7) is 0. The second kappa shape index (κ2) is 5.95. The number of benzene rings is 2. The standard InChI is InChI=1S/C15H10ClFN4O/c16-10-6-7-12(17)13(8-10)18-15(22)14-9-21(20-19-14)11-4-2-1-3-5-11/h1-9H,(H,18,22). The van der Waals surface area contributed by atoms with Crippen molar-refractivity contribution in [3.05, 3.63) is 71.3 Å². The SMILES string of the molecule is O=C(Nc1cc(Cl)ccc1F)c1cn(-c2ccccc2)nn1. The summed E-state index contributed by atoms with van der Waals surface area (Å²) in [5.41, 5.74) is 0.831. The number of nitrogens with one attached hydrogen (secondary N) is 1. The minimum Gasteiger partial charge on any atom is -0.318 e. The van der Waals surface area contributed by atoms with E-state index in [1.807, 2.05) is 30.3 Å². The number of nitrogens with zero attached hydrogens (tertiary/aromatic N) is 3. The molecule has 0 radical (unpaired) electrons. The average Bonchev–Trinajstić information content (AvgIpc) is 3.02. The molecule has 0 bridgehead atoms. The molecule has 0 spiro atoms. The zero-order valence-corrected chi connectivity index (χ0v) is 12.0. The largest absolute Gasteiger partial charge is 0.318 e. The topological polar surface area (TPSA) is 59.8 Å². The molecule has 0 atom stereocenters. The minimum atomic E-state index is -0.576. The number of hydrogen-bond donors (Lipinski definition) is 1. The Kier molecular flexibility index (Phi) is 3.84. The van der Waals surface area contributed by atoms with E-state index in [1.165, 1.54) is 29.1 Å². The van der Waals surface area contributed by atoms with Gasteiger partial charge in [-0.25, -0.2) is 9.07 Å². The van der Waals surface area contributed by atoms with Crippen LogP contribution in [0.4, 0.5) is 10.1 Å². The molecule has 1 aromatic heterocycles. The molecule has 3 aromatic rings. The number of hydrogen-bond acceptors (Lipinski definition) is 3. The molecule has 110 valence electrons. The Hall–Kier alpha value is -2.73. The van der Waals surface area contributed by atoms with Crippen LogP contribution in [-0.2, 0) is 0 Å². The Labute approximate surface area is 130 Å². The highest BCUT2D eigenvalue weighted by atomic mass is 35.5. The van der Waals surface area contributed by atoms with Crippen molar-refractivity contribution in [2.24, 2.45) is 0 Å². The van der Waals surface area contributed by atoms with E-state index >= 15 is 0 Å². The molecule has 0 saturated heterocycles. The van der Waals surface area contributed by atoms with E-state index in [2.05, 4.69) is 15.6 Å². The molecule has 5 nitrogen and oxygen atoms in total. The Morgan fingerprint density at radius 2 is 1.95 bits per heavy atom. The van der Waals surface area contributed by atoms with E-state index in [9.17, 15) is 9.18 Å². The molecule has 0 fully saturated rings. The highest BCUT2D eigenvalue weighted by Gasteiger charge is 2.14. The molecular formula is C15H10ClFN4O. The van der Waals surface area contributed by atoms with Gasteiger partial charge in [0.25, 0.3) is 5.91 Å². The van der Waals surface area contributed by atoms with Crippen LogP contribution in [0.25, 0.3) is 5.69 Å². The van der Waals surface area contributed by atoms with Crippen LogP contribution in [0, 0.1) is 5.82 Å². The van der Waals surface area contributed by atoms with E-state index in [-0.39, 0.29) is 11.4 Å². The summed E-state index contributed by atoms with van der Waals surface area (Å²) in [6.07, 6.45) is 1.47. The van der Waals surface area contributed by atoms with Gasteiger partial charge in [-0.2, -0.15) is 0 Å². The number of anilines is 1. The van der Waals surface area contributed by atoms with E-state index < -0.39 is 11.7 Å². The number of aromatic nitrogens is 3. The molecule has 0 aliphatic heterocycles. The third-order valence-electron chi connectivity index (χ3n) is 2.92. The molecule has 1 heterocycles. The first-order valence-corrected chi connectivity index (χ1v) is 6.75. The van der Waals surface area contributed by atoms with Crippen LogP contribution in [0.3, 0.4) is 0 Å². The van der Waals surface area contributed by atoms with Gasteiger partial charge in [-0.15, -0.1) is 5.10 Å². The van der Waals surface area contributed by atoms with Crippen molar-refractivity contribution >= 4 is 23.2 Å². The van der Waals surface area contributed by atoms with Crippen LogP contribution >= 0.6 is 11.6 Å². The van der Waals surface area contributed by atoms with Crippen molar-refractivity contribution < 1.29 is 9.18 Å². The maximum atomic E-state index is 13.6. The number of carbonyl (C=O) groups excluding carboxylic acids is 1. The lowest BCUT2D eigenvalue weighted by Crippen LogP contribution is -2.13. The van der Waals surface area contributed by atoms with Crippen molar-refractivity contribution in [3.8, 4) is 5.69 Å². The smallest absolute Gasteiger partial charge is 0.277 e. The van der Waals surface area contributed by atoms with E-state index in [1.54, 1.807) is 0 Å². The average molecular weight is 317 g/mol. The minimum absolute atomic E-state index is 0.00763. The number of carbonyl (C=O) groups is 1. The fourth-order valence-corrected chi connectivity index (χ4v) is 2.03. The summed E-state index contributed by atoms with van der Waals surface area (Å²) in [5.74, 6) is -1.14. The first-order chi connectivity index (χ1) is 10.6. The van der Waals surface area contributed by atoms with Gasteiger partial charge in [0.1, 0.15) is 5.82 Å². The number of halogens is 2. The molecule has 0 aliphatic carbocycles. The normalized spacial score (nSPS) is 10.5. The molecular weight excluding hydrogens is 307 g/mol. The lowest BCUT2D eigenvalue weighted by atomic mass is 10.3. The molecule has 3 rings (SSSR count). The Morgan fingerprint density at radius 3 is 2.73 bits per heavy atom. The van der Waals surface area contributed by atoms with Crippen LogP contribution in [0.5, 0.6) is 0 Å². The third-order valence-corrected chi connectivity index (χ3v) is 3.16. The van der Waals surface area contributed by atoms with Crippen LogP contribution < -0.4 is 5.32 Å². The van der Waals surface area contributed by atoms with Gasteiger partial charge in [-0.1, -0.05) is 35.0 Å². The Balaban J connectivity index is 1.81. The lowest BCUT2D eigenvalue weighted by molar-refractivity contribution is 0.102. The van der Waals surface area contributed by atoms with Gasteiger partial charge in [0, 0.05) is 5.02 Å².